The van der Waals surface area contributed by atoms with Crippen molar-refractivity contribution in [1.82, 2.24) is 9.88 Å². The summed E-state index contributed by atoms with van der Waals surface area (Å²) in [7, 11) is 0. The average molecular weight is 254 g/mol. The minimum absolute atomic E-state index is 0.0937. The molecule has 0 N–H and O–H groups in total. The van der Waals surface area contributed by atoms with E-state index in [2.05, 4.69) is 4.98 Å². The molecule has 1 aliphatic rings. The summed E-state index contributed by atoms with van der Waals surface area (Å²) < 4.78 is 26.3. The molecule has 1 aromatic rings. The van der Waals surface area contributed by atoms with E-state index >= 15 is 0 Å². The second-order valence-corrected chi connectivity index (χ2v) is 4.25. The number of hydrogen-bond donors (Lipinski definition) is 0. The van der Waals surface area contributed by atoms with Crippen LogP contribution in [-0.4, -0.2) is 28.2 Å². The van der Waals surface area contributed by atoms with Crippen molar-refractivity contribution >= 4 is 11.8 Å². The topological polar surface area (TPSA) is 50.3 Å². The third-order valence-electron chi connectivity index (χ3n) is 3.10. The highest BCUT2D eigenvalue weighted by Crippen LogP contribution is 2.23. The molecule has 0 aromatic carbocycles. The Bertz CT molecular complexity index is 505. The van der Waals surface area contributed by atoms with Crippen molar-refractivity contribution in [3.8, 4) is 0 Å². The molecule has 1 unspecified atom stereocenters. The van der Waals surface area contributed by atoms with Crippen LogP contribution in [0.4, 0.5) is 8.78 Å². The lowest BCUT2D eigenvalue weighted by Gasteiger charge is -2.14. The largest absolute Gasteiger partial charge is 0.278 e. The van der Waals surface area contributed by atoms with Gasteiger partial charge in [0.2, 0.25) is 11.9 Å². The van der Waals surface area contributed by atoms with Crippen LogP contribution in [0.3, 0.4) is 0 Å². The molecule has 0 saturated carbocycles. The van der Waals surface area contributed by atoms with Gasteiger partial charge >= 0.3 is 0 Å². The highest BCUT2D eigenvalue weighted by molar-refractivity contribution is 6.05. The summed E-state index contributed by atoms with van der Waals surface area (Å²) in [5.74, 6) is -3.69. The summed E-state index contributed by atoms with van der Waals surface area (Å²) in [6.45, 7) is 2.18. The molecule has 18 heavy (non-hydrogen) atoms. The van der Waals surface area contributed by atoms with Crippen LogP contribution in [0.25, 0.3) is 0 Å². The molecule has 0 aliphatic carbocycles. The summed E-state index contributed by atoms with van der Waals surface area (Å²) in [4.78, 5) is 27.7. The van der Waals surface area contributed by atoms with Crippen molar-refractivity contribution in [3.05, 3.63) is 29.6 Å². The maximum absolute atomic E-state index is 13.4. The third-order valence-corrected chi connectivity index (χ3v) is 3.10. The van der Waals surface area contributed by atoms with Crippen LogP contribution in [-0.2, 0) is 4.79 Å². The first-order valence-corrected chi connectivity index (χ1v) is 5.69. The molecule has 0 radical (unpaired) electrons. The highest BCUT2D eigenvalue weighted by atomic mass is 19.2. The van der Waals surface area contributed by atoms with Crippen molar-refractivity contribution in [1.29, 1.82) is 0 Å². The number of rotatable bonds is 2. The maximum atomic E-state index is 13.4. The lowest BCUT2D eigenvalue weighted by Crippen LogP contribution is -2.33. The molecule has 1 aliphatic heterocycles. The fourth-order valence-electron chi connectivity index (χ4n) is 1.98. The quantitative estimate of drug-likeness (QED) is 0.597. The van der Waals surface area contributed by atoms with Gasteiger partial charge in [0.1, 0.15) is 0 Å². The van der Waals surface area contributed by atoms with Gasteiger partial charge < -0.3 is 0 Å². The van der Waals surface area contributed by atoms with Crippen molar-refractivity contribution in [2.24, 2.45) is 5.92 Å². The van der Waals surface area contributed by atoms with Gasteiger partial charge in [-0.1, -0.05) is 13.3 Å². The molecule has 2 amide bonds. The van der Waals surface area contributed by atoms with Crippen molar-refractivity contribution in [2.45, 2.75) is 19.8 Å². The molecule has 0 spiro atoms. The Morgan fingerprint density at radius 2 is 2.28 bits per heavy atom. The molecule has 0 bridgehead atoms. The Balaban J connectivity index is 2.27. The summed E-state index contributed by atoms with van der Waals surface area (Å²) in [6, 6.07) is 1.08. The standard InChI is InChI=1S/C12H12F2N2O2/c1-2-7-5-9(17)16(6-7)12(18)8-3-4-15-11(14)10(8)13/h3-4,7H,2,5-6H2,1H3. The summed E-state index contributed by atoms with van der Waals surface area (Å²) in [5, 5.41) is 0. The molecule has 96 valence electrons. The van der Waals surface area contributed by atoms with Gasteiger partial charge in [-0.25, -0.2) is 9.37 Å². The fourth-order valence-corrected chi connectivity index (χ4v) is 1.98. The van der Waals surface area contributed by atoms with Gasteiger partial charge in [-0.3, -0.25) is 14.5 Å². The van der Waals surface area contributed by atoms with Crippen molar-refractivity contribution in [3.63, 3.8) is 0 Å². The van der Waals surface area contributed by atoms with E-state index in [9.17, 15) is 18.4 Å². The number of carbonyl (C=O) groups is 2. The second-order valence-electron chi connectivity index (χ2n) is 4.25. The summed E-state index contributed by atoms with van der Waals surface area (Å²) in [5.41, 5.74) is -0.451. The van der Waals surface area contributed by atoms with Gasteiger partial charge in [-0.2, -0.15) is 4.39 Å². The van der Waals surface area contributed by atoms with Crippen molar-refractivity contribution in [2.75, 3.05) is 6.54 Å². The number of nitrogens with zero attached hydrogens (tertiary/aromatic N) is 2. The molecule has 1 fully saturated rings. The minimum Gasteiger partial charge on any atom is -0.278 e. The van der Waals surface area contributed by atoms with Crippen LogP contribution in [0.5, 0.6) is 0 Å². The monoisotopic (exact) mass is 254 g/mol. The maximum Gasteiger partial charge on any atom is 0.263 e. The Kier molecular flexibility index (Phi) is 3.36. The first-order chi connectivity index (χ1) is 8.54. The zero-order valence-electron chi connectivity index (χ0n) is 9.82. The molecule has 1 atom stereocenters. The van der Waals surface area contributed by atoms with E-state index in [1.54, 1.807) is 0 Å². The van der Waals surface area contributed by atoms with E-state index in [0.29, 0.717) is 0 Å². The number of amides is 2. The zero-order chi connectivity index (χ0) is 13.3. The number of likely N-dealkylation sites (tertiary alicyclic amines) is 1. The lowest BCUT2D eigenvalue weighted by atomic mass is 10.1. The number of carbonyl (C=O) groups excluding carboxylic acids is 2. The van der Waals surface area contributed by atoms with Gasteiger partial charge in [0, 0.05) is 19.2 Å². The lowest BCUT2D eigenvalue weighted by molar-refractivity contribution is -0.125. The number of aromatic nitrogens is 1. The first-order valence-electron chi connectivity index (χ1n) is 5.69. The van der Waals surface area contributed by atoms with E-state index in [-0.39, 0.29) is 24.8 Å². The Morgan fingerprint density at radius 3 is 2.89 bits per heavy atom. The van der Waals surface area contributed by atoms with Gasteiger partial charge in [-0.15, -0.1) is 0 Å². The predicted molar refractivity (Wildman–Crippen MR) is 58.6 cm³/mol. The smallest absolute Gasteiger partial charge is 0.263 e. The molecule has 2 rings (SSSR count). The van der Waals surface area contributed by atoms with Crippen LogP contribution in [0, 0.1) is 17.7 Å². The summed E-state index contributed by atoms with van der Waals surface area (Å²) >= 11 is 0. The van der Waals surface area contributed by atoms with Gasteiger partial charge in [-0.05, 0) is 12.0 Å². The fraction of sp³-hybridized carbons (Fsp3) is 0.417. The summed E-state index contributed by atoms with van der Waals surface area (Å²) in [6.07, 6.45) is 2.05. The molecule has 4 nitrogen and oxygen atoms in total. The molecule has 1 saturated heterocycles. The number of pyridine rings is 1. The van der Waals surface area contributed by atoms with E-state index in [0.717, 1.165) is 23.6 Å². The third kappa shape index (κ3) is 2.10. The Labute approximate surface area is 103 Å². The normalized spacial score (nSPS) is 19.4. The van der Waals surface area contributed by atoms with E-state index in [4.69, 9.17) is 0 Å². The Hall–Kier alpha value is -1.85. The van der Waals surface area contributed by atoms with Crippen LogP contribution in [0.1, 0.15) is 30.1 Å². The van der Waals surface area contributed by atoms with Crippen LogP contribution in [0.2, 0.25) is 0 Å². The predicted octanol–water partition coefficient (Wildman–Crippen LogP) is 1.76. The first kappa shape index (κ1) is 12.6. The average Bonchev–Trinajstić information content (AvgIpc) is 2.73. The zero-order valence-corrected chi connectivity index (χ0v) is 9.82. The van der Waals surface area contributed by atoms with Crippen LogP contribution >= 0.6 is 0 Å². The van der Waals surface area contributed by atoms with Crippen LogP contribution in [0.15, 0.2) is 12.3 Å². The molecular formula is C12H12F2N2O2. The Morgan fingerprint density at radius 1 is 1.56 bits per heavy atom. The highest BCUT2D eigenvalue weighted by Gasteiger charge is 2.34. The number of hydrogen-bond acceptors (Lipinski definition) is 3. The van der Waals surface area contributed by atoms with Crippen LogP contribution < -0.4 is 0 Å². The minimum atomic E-state index is -1.33. The van der Waals surface area contributed by atoms with Gasteiger partial charge in [0.25, 0.3) is 5.91 Å². The SMILES string of the molecule is CCC1CC(=O)N(C(=O)c2ccnc(F)c2F)C1. The van der Waals surface area contributed by atoms with Crippen molar-refractivity contribution < 1.29 is 18.4 Å². The van der Waals surface area contributed by atoms with Gasteiger partial charge in [0.05, 0.1) is 5.56 Å². The van der Waals surface area contributed by atoms with E-state index in [1.165, 1.54) is 0 Å². The molecule has 6 heteroatoms. The molecular weight excluding hydrogens is 242 g/mol. The molecule has 2 heterocycles. The molecule has 1 aromatic heterocycles. The number of imide groups is 1. The van der Waals surface area contributed by atoms with E-state index < -0.39 is 23.2 Å². The van der Waals surface area contributed by atoms with Gasteiger partial charge in [0.15, 0.2) is 5.82 Å². The van der Waals surface area contributed by atoms with E-state index in [1.807, 2.05) is 6.92 Å². The second kappa shape index (κ2) is 4.80. The number of halogens is 2.